The predicted molar refractivity (Wildman–Crippen MR) is 90.1 cm³/mol. The maximum atomic E-state index is 11.0. The van der Waals surface area contributed by atoms with E-state index in [9.17, 15) is 5.11 Å². The number of β-amino-alcohol motifs (C(OH)–C–C–N with tert-alkyl or cyclic N) is 1. The Labute approximate surface area is 134 Å². The van der Waals surface area contributed by atoms with Crippen LogP contribution in [0.4, 0.5) is 0 Å². The van der Waals surface area contributed by atoms with Crippen molar-refractivity contribution < 1.29 is 5.11 Å². The molecule has 0 radical (unpaired) electrons. The van der Waals surface area contributed by atoms with Crippen LogP contribution < -0.4 is 21.3 Å². The number of hydrogen-bond acceptors (Lipinski definition) is 7. The topological polar surface area (TPSA) is 74.8 Å². The van der Waals surface area contributed by atoms with Crippen LogP contribution in [0.1, 0.15) is 6.92 Å². The lowest BCUT2D eigenvalue weighted by Gasteiger charge is -2.40. The van der Waals surface area contributed by atoms with Gasteiger partial charge in [-0.1, -0.05) is 0 Å². The van der Waals surface area contributed by atoms with E-state index in [-0.39, 0.29) is 0 Å². The van der Waals surface area contributed by atoms with Gasteiger partial charge in [-0.25, -0.2) is 0 Å². The molecule has 2 aliphatic heterocycles. The molecule has 0 spiro atoms. The molecule has 2 fully saturated rings. The quantitative estimate of drug-likeness (QED) is 0.401. The fourth-order valence-electron chi connectivity index (χ4n) is 3.14. The van der Waals surface area contributed by atoms with E-state index in [1.807, 2.05) is 6.92 Å². The predicted octanol–water partition coefficient (Wildman–Crippen LogP) is -2.32. The van der Waals surface area contributed by atoms with Crippen LogP contribution in [-0.2, 0) is 0 Å². The maximum Gasteiger partial charge on any atom is 0.128 e. The van der Waals surface area contributed by atoms with Crippen molar-refractivity contribution in [2.24, 2.45) is 0 Å². The Kier molecular flexibility index (Phi) is 8.02. The average Bonchev–Trinajstić information content (AvgIpc) is 2.70. The van der Waals surface area contributed by atoms with Gasteiger partial charge in [0.2, 0.25) is 0 Å². The summed E-state index contributed by atoms with van der Waals surface area (Å²) in [6.07, 6.45) is 0. The molecule has 0 amide bonds. The zero-order valence-corrected chi connectivity index (χ0v) is 14.0. The van der Waals surface area contributed by atoms with E-state index in [0.29, 0.717) is 6.54 Å². The number of hydrogen-bond donors (Lipinski definition) is 5. The Morgan fingerprint density at radius 3 is 1.59 bits per heavy atom. The standard InChI is InChI=1S/C15H34N6O/c1-15(22,21-12-8-18-4-5-19-9-13-21)14-20-10-6-16-2-3-17-7-11-20/h16-19,22H,2-14H2,1H3. The molecule has 0 saturated carbocycles. The van der Waals surface area contributed by atoms with Crippen LogP contribution in [0.2, 0.25) is 0 Å². The first-order chi connectivity index (χ1) is 10.7. The normalized spacial score (nSPS) is 27.5. The van der Waals surface area contributed by atoms with Crippen molar-refractivity contribution in [2.45, 2.75) is 12.6 Å². The van der Waals surface area contributed by atoms with Crippen LogP contribution in [0, 0.1) is 0 Å². The van der Waals surface area contributed by atoms with E-state index < -0.39 is 5.72 Å². The lowest BCUT2D eigenvalue weighted by molar-refractivity contribution is -0.110. The third-order valence-corrected chi connectivity index (χ3v) is 4.49. The van der Waals surface area contributed by atoms with Crippen molar-refractivity contribution >= 4 is 0 Å². The molecule has 0 aromatic heterocycles. The van der Waals surface area contributed by atoms with Crippen LogP contribution >= 0.6 is 0 Å². The molecular weight excluding hydrogens is 280 g/mol. The van der Waals surface area contributed by atoms with Gasteiger partial charge in [-0.2, -0.15) is 0 Å². The Morgan fingerprint density at radius 2 is 1.14 bits per heavy atom. The van der Waals surface area contributed by atoms with E-state index in [1.54, 1.807) is 0 Å². The first-order valence-electron chi connectivity index (χ1n) is 8.71. The molecule has 0 aromatic rings. The Bertz CT molecular complexity index is 282. The van der Waals surface area contributed by atoms with Gasteiger partial charge >= 0.3 is 0 Å². The van der Waals surface area contributed by atoms with Crippen LogP contribution in [0.25, 0.3) is 0 Å². The Hall–Kier alpha value is -0.280. The molecule has 130 valence electrons. The second-order valence-corrected chi connectivity index (χ2v) is 6.48. The molecule has 1 unspecified atom stereocenters. The summed E-state index contributed by atoms with van der Waals surface area (Å²) in [6.45, 7) is 14.3. The lowest BCUT2D eigenvalue weighted by atomic mass is 10.1. The Morgan fingerprint density at radius 1 is 0.727 bits per heavy atom. The minimum absolute atomic E-state index is 0.691. The highest BCUT2D eigenvalue weighted by Gasteiger charge is 2.31. The van der Waals surface area contributed by atoms with Gasteiger partial charge in [0.1, 0.15) is 5.72 Å². The molecule has 2 heterocycles. The number of nitrogens with one attached hydrogen (secondary N) is 4. The molecule has 0 aliphatic carbocycles. The summed E-state index contributed by atoms with van der Waals surface area (Å²) < 4.78 is 0. The molecule has 2 saturated heterocycles. The second kappa shape index (κ2) is 9.77. The molecule has 22 heavy (non-hydrogen) atoms. The summed E-state index contributed by atoms with van der Waals surface area (Å²) in [6, 6.07) is 0. The molecule has 1 atom stereocenters. The largest absolute Gasteiger partial charge is 0.375 e. The van der Waals surface area contributed by atoms with E-state index >= 15 is 0 Å². The lowest BCUT2D eigenvalue weighted by Crippen LogP contribution is -2.57. The van der Waals surface area contributed by atoms with Crippen LogP contribution in [0.3, 0.4) is 0 Å². The molecule has 7 heteroatoms. The van der Waals surface area contributed by atoms with Crippen molar-refractivity contribution in [3.05, 3.63) is 0 Å². The molecule has 7 nitrogen and oxygen atoms in total. The van der Waals surface area contributed by atoms with Gasteiger partial charge in [-0.3, -0.25) is 9.80 Å². The molecule has 2 rings (SSSR count). The fourth-order valence-corrected chi connectivity index (χ4v) is 3.14. The number of aliphatic hydroxyl groups is 1. The minimum Gasteiger partial charge on any atom is -0.375 e. The average molecular weight is 314 g/mol. The van der Waals surface area contributed by atoms with E-state index in [1.165, 1.54) is 0 Å². The monoisotopic (exact) mass is 314 g/mol. The second-order valence-electron chi connectivity index (χ2n) is 6.48. The van der Waals surface area contributed by atoms with E-state index in [0.717, 1.165) is 78.5 Å². The number of rotatable bonds is 3. The van der Waals surface area contributed by atoms with Crippen LogP contribution in [0.5, 0.6) is 0 Å². The van der Waals surface area contributed by atoms with Gasteiger partial charge in [0.25, 0.3) is 0 Å². The van der Waals surface area contributed by atoms with Crippen molar-refractivity contribution in [3.63, 3.8) is 0 Å². The smallest absolute Gasteiger partial charge is 0.128 e. The Balaban J connectivity index is 1.88. The first kappa shape index (κ1) is 18.1. The van der Waals surface area contributed by atoms with Gasteiger partial charge in [0.15, 0.2) is 0 Å². The van der Waals surface area contributed by atoms with Crippen molar-refractivity contribution in [1.29, 1.82) is 0 Å². The molecule has 5 N–H and O–H groups in total. The van der Waals surface area contributed by atoms with Crippen LogP contribution in [0.15, 0.2) is 0 Å². The van der Waals surface area contributed by atoms with Gasteiger partial charge in [-0.15, -0.1) is 0 Å². The molecule has 0 bridgehead atoms. The summed E-state index contributed by atoms with van der Waals surface area (Å²) in [5, 5.41) is 24.7. The van der Waals surface area contributed by atoms with Crippen molar-refractivity contribution in [2.75, 3.05) is 85.1 Å². The van der Waals surface area contributed by atoms with Gasteiger partial charge < -0.3 is 26.4 Å². The maximum absolute atomic E-state index is 11.0. The van der Waals surface area contributed by atoms with Crippen molar-refractivity contribution in [1.82, 2.24) is 31.1 Å². The van der Waals surface area contributed by atoms with Gasteiger partial charge in [0.05, 0.1) is 0 Å². The third kappa shape index (κ3) is 6.45. The summed E-state index contributed by atoms with van der Waals surface area (Å²) in [5.41, 5.74) is -0.790. The molecule has 2 aliphatic rings. The zero-order chi connectivity index (χ0) is 15.7. The SMILES string of the molecule is CC(O)(CN1CCNCCNCC1)N1CCNCCNCC1. The zero-order valence-electron chi connectivity index (χ0n) is 14.0. The van der Waals surface area contributed by atoms with Gasteiger partial charge in [0, 0.05) is 85.1 Å². The molecular formula is C15H34N6O. The van der Waals surface area contributed by atoms with E-state index in [4.69, 9.17) is 0 Å². The fraction of sp³-hybridized carbons (Fsp3) is 1.00. The highest BCUT2D eigenvalue weighted by atomic mass is 16.3. The summed E-state index contributed by atoms with van der Waals surface area (Å²) >= 11 is 0. The summed E-state index contributed by atoms with van der Waals surface area (Å²) in [5.74, 6) is 0. The highest BCUT2D eigenvalue weighted by Crippen LogP contribution is 2.13. The highest BCUT2D eigenvalue weighted by molar-refractivity contribution is 4.82. The van der Waals surface area contributed by atoms with Crippen LogP contribution in [-0.4, -0.2) is 106 Å². The minimum atomic E-state index is -0.790. The first-order valence-corrected chi connectivity index (χ1v) is 8.71. The molecule has 0 aromatic carbocycles. The van der Waals surface area contributed by atoms with E-state index in [2.05, 4.69) is 31.1 Å². The van der Waals surface area contributed by atoms with Gasteiger partial charge in [-0.05, 0) is 6.92 Å². The number of nitrogens with zero attached hydrogens (tertiary/aromatic N) is 2. The third-order valence-electron chi connectivity index (χ3n) is 4.49. The summed E-state index contributed by atoms with van der Waals surface area (Å²) in [7, 11) is 0. The summed E-state index contributed by atoms with van der Waals surface area (Å²) in [4.78, 5) is 4.56. The van der Waals surface area contributed by atoms with Crippen molar-refractivity contribution in [3.8, 4) is 0 Å².